The van der Waals surface area contributed by atoms with E-state index >= 15 is 0 Å². The molecule has 2 atom stereocenters. The second kappa shape index (κ2) is 6.59. The third-order valence-electron chi connectivity index (χ3n) is 3.97. The summed E-state index contributed by atoms with van der Waals surface area (Å²) >= 11 is 3.47. The lowest BCUT2D eigenvalue weighted by Crippen LogP contribution is -2.49. The van der Waals surface area contributed by atoms with E-state index in [0.717, 1.165) is 28.9 Å². The second-order valence-corrected chi connectivity index (χ2v) is 6.19. The number of carbonyl (C=O) groups is 1. The van der Waals surface area contributed by atoms with Crippen LogP contribution in [0.25, 0.3) is 0 Å². The normalized spacial score (nSPS) is 18.0. The highest BCUT2D eigenvalue weighted by molar-refractivity contribution is 9.10. The zero-order valence-corrected chi connectivity index (χ0v) is 13.7. The van der Waals surface area contributed by atoms with Crippen LogP contribution < -0.4 is 15.4 Å². The van der Waals surface area contributed by atoms with Gasteiger partial charge in [-0.05, 0) is 59.6 Å². The molecule has 1 amide bonds. The van der Waals surface area contributed by atoms with Crippen LogP contribution in [-0.4, -0.2) is 26.1 Å². The first-order valence-electron chi connectivity index (χ1n) is 6.87. The summed E-state index contributed by atoms with van der Waals surface area (Å²) in [5.74, 6) is 1.43. The molecule has 1 saturated heterocycles. The molecule has 0 bridgehead atoms. The summed E-state index contributed by atoms with van der Waals surface area (Å²) in [6.45, 7) is 5.88. The highest BCUT2D eigenvalue weighted by Gasteiger charge is 2.29. The maximum absolute atomic E-state index is 12.2. The molecule has 2 N–H and O–H groups in total. The molecule has 1 aromatic rings. The molecular formula is C15H21BrN2O2. The fraction of sp³-hybridized carbons (Fsp3) is 0.533. The predicted octanol–water partition coefficient (Wildman–Crippen LogP) is 2.49. The molecule has 1 aliphatic heterocycles. The molecule has 0 spiro atoms. The van der Waals surface area contributed by atoms with Crippen molar-refractivity contribution in [3.05, 3.63) is 28.2 Å². The number of hydrogen-bond acceptors (Lipinski definition) is 3. The van der Waals surface area contributed by atoms with Gasteiger partial charge in [-0.3, -0.25) is 4.79 Å². The lowest BCUT2D eigenvalue weighted by Gasteiger charge is -2.32. The highest BCUT2D eigenvalue weighted by atomic mass is 79.9. The van der Waals surface area contributed by atoms with Gasteiger partial charge in [-0.25, -0.2) is 0 Å². The van der Waals surface area contributed by atoms with Crippen LogP contribution in [0.3, 0.4) is 0 Å². The summed E-state index contributed by atoms with van der Waals surface area (Å²) in [5, 5.41) is 6.28. The van der Waals surface area contributed by atoms with Crippen molar-refractivity contribution in [3.63, 3.8) is 0 Å². The molecule has 2 unspecified atom stereocenters. The van der Waals surface area contributed by atoms with Crippen LogP contribution in [0.4, 0.5) is 0 Å². The van der Waals surface area contributed by atoms with E-state index in [9.17, 15) is 4.79 Å². The molecule has 0 radical (unpaired) electrons. The Morgan fingerprint density at radius 3 is 2.65 bits per heavy atom. The molecule has 1 heterocycles. The zero-order chi connectivity index (χ0) is 14.7. The van der Waals surface area contributed by atoms with Crippen LogP contribution in [-0.2, 0) is 4.79 Å². The molecule has 1 aromatic carbocycles. The first kappa shape index (κ1) is 15.3. The third kappa shape index (κ3) is 3.33. The van der Waals surface area contributed by atoms with Gasteiger partial charge in [0, 0.05) is 5.92 Å². The summed E-state index contributed by atoms with van der Waals surface area (Å²) in [5.41, 5.74) is 1.06. The average Bonchev–Trinajstić information content (AvgIpc) is 2.36. The van der Waals surface area contributed by atoms with Gasteiger partial charge in [0.05, 0.1) is 17.6 Å². The minimum atomic E-state index is -0.0137. The van der Waals surface area contributed by atoms with Crippen molar-refractivity contribution in [3.8, 4) is 5.75 Å². The Balaban J connectivity index is 1.98. The van der Waals surface area contributed by atoms with Gasteiger partial charge in [0.25, 0.3) is 0 Å². The fourth-order valence-corrected chi connectivity index (χ4v) is 2.82. The molecule has 110 valence electrons. The fourth-order valence-electron chi connectivity index (χ4n) is 2.26. The Hall–Kier alpha value is -1.07. The van der Waals surface area contributed by atoms with Crippen LogP contribution in [0.1, 0.15) is 25.5 Å². The molecular weight excluding hydrogens is 320 g/mol. The number of methoxy groups -OCH3 is 1. The van der Waals surface area contributed by atoms with Crippen molar-refractivity contribution in [2.24, 2.45) is 11.8 Å². The Bertz CT molecular complexity index is 489. The van der Waals surface area contributed by atoms with Gasteiger partial charge in [0.1, 0.15) is 5.75 Å². The molecule has 1 fully saturated rings. The van der Waals surface area contributed by atoms with E-state index in [2.05, 4.69) is 26.6 Å². The molecule has 0 aromatic heterocycles. The number of ether oxygens (including phenoxy) is 1. The van der Waals surface area contributed by atoms with Gasteiger partial charge in [-0.15, -0.1) is 0 Å². The van der Waals surface area contributed by atoms with E-state index < -0.39 is 0 Å². The Labute approximate surface area is 128 Å². The zero-order valence-electron chi connectivity index (χ0n) is 12.1. The minimum Gasteiger partial charge on any atom is -0.496 e. The van der Waals surface area contributed by atoms with E-state index in [-0.39, 0.29) is 17.9 Å². The molecule has 20 heavy (non-hydrogen) atoms. The van der Waals surface area contributed by atoms with Crippen LogP contribution in [0.2, 0.25) is 0 Å². The van der Waals surface area contributed by atoms with Crippen molar-refractivity contribution in [2.45, 2.75) is 19.9 Å². The summed E-state index contributed by atoms with van der Waals surface area (Å²) in [7, 11) is 1.64. The second-order valence-electron chi connectivity index (χ2n) is 5.33. The number of carbonyl (C=O) groups excluding carboxylic acids is 1. The van der Waals surface area contributed by atoms with Gasteiger partial charge in [0.15, 0.2) is 0 Å². The monoisotopic (exact) mass is 340 g/mol. The van der Waals surface area contributed by atoms with Crippen LogP contribution >= 0.6 is 15.9 Å². The summed E-state index contributed by atoms with van der Waals surface area (Å²) < 4.78 is 6.11. The van der Waals surface area contributed by atoms with Gasteiger partial charge in [-0.2, -0.15) is 0 Å². The lowest BCUT2D eigenvalue weighted by atomic mass is 9.88. The smallest absolute Gasteiger partial charge is 0.223 e. The first-order chi connectivity index (χ1) is 9.52. The molecule has 5 heteroatoms. The van der Waals surface area contributed by atoms with Crippen LogP contribution in [0.5, 0.6) is 5.75 Å². The Morgan fingerprint density at radius 2 is 2.15 bits per heavy atom. The van der Waals surface area contributed by atoms with E-state index in [1.165, 1.54) is 0 Å². The number of rotatable bonds is 5. The average molecular weight is 341 g/mol. The lowest BCUT2D eigenvalue weighted by molar-refractivity contribution is -0.127. The largest absolute Gasteiger partial charge is 0.496 e. The molecule has 2 rings (SSSR count). The maximum Gasteiger partial charge on any atom is 0.223 e. The first-order valence-corrected chi connectivity index (χ1v) is 7.66. The van der Waals surface area contributed by atoms with Crippen molar-refractivity contribution < 1.29 is 9.53 Å². The van der Waals surface area contributed by atoms with E-state index in [0.29, 0.717) is 5.92 Å². The number of halogens is 1. The summed E-state index contributed by atoms with van der Waals surface area (Å²) in [6, 6.07) is 5.85. The quantitative estimate of drug-likeness (QED) is 0.865. The van der Waals surface area contributed by atoms with Gasteiger partial charge < -0.3 is 15.4 Å². The predicted molar refractivity (Wildman–Crippen MR) is 82.8 cm³/mol. The number of hydrogen-bond donors (Lipinski definition) is 2. The number of nitrogens with one attached hydrogen (secondary N) is 2. The Morgan fingerprint density at radius 1 is 1.45 bits per heavy atom. The summed E-state index contributed by atoms with van der Waals surface area (Å²) in [4.78, 5) is 12.2. The molecule has 1 aliphatic rings. The molecule has 4 nitrogen and oxygen atoms in total. The van der Waals surface area contributed by atoms with Gasteiger partial charge in [-0.1, -0.05) is 13.0 Å². The van der Waals surface area contributed by atoms with Crippen molar-refractivity contribution in [2.75, 3.05) is 20.2 Å². The SMILES string of the molecule is COc1ccc(C(C)NC(=O)C(C)C2CNC2)cc1Br. The molecule has 0 aliphatic carbocycles. The molecule has 0 saturated carbocycles. The maximum atomic E-state index is 12.2. The standard InChI is InChI=1S/C15H21BrN2O2/c1-9(12-7-17-8-12)15(19)18-10(2)11-4-5-14(20-3)13(16)6-11/h4-6,9-10,12,17H,7-8H2,1-3H3,(H,18,19). The highest BCUT2D eigenvalue weighted by Crippen LogP contribution is 2.28. The topological polar surface area (TPSA) is 50.4 Å². The summed E-state index contributed by atoms with van der Waals surface area (Å²) in [6.07, 6.45) is 0. The van der Waals surface area contributed by atoms with Crippen molar-refractivity contribution in [1.29, 1.82) is 0 Å². The van der Waals surface area contributed by atoms with E-state index in [1.807, 2.05) is 32.0 Å². The minimum absolute atomic E-state index is 0.0137. The van der Waals surface area contributed by atoms with Crippen molar-refractivity contribution in [1.82, 2.24) is 10.6 Å². The Kier molecular flexibility index (Phi) is 5.05. The number of benzene rings is 1. The van der Waals surface area contributed by atoms with Gasteiger partial charge in [0.2, 0.25) is 5.91 Å². The van der Waals surface area contributed by atoms with E-state index in [1.54, 1.807) is 7.11 Å². The van der Waals surface area contributed by atoms with Crippen LogP contribution in [0.15, 0.2) is 22.7 Å². The van der Waals surface area contributed by atoms with Crippen LogP contribution in [0, 0.1) is 11.8 Å². The van der Waals surface area contributed by atoms with E-state index in [4.69, 9.17) is 4.74 Å². The van der Waals surface area contributed by atoms with Crippen molar-refractivity contribution >= 4 is 21.8 Å². The number of amides is 1. The third-order valence-corrected chi connectivity index (χ3v) is 4.59. The van der Waals surface area contributed by atoms with Gasteiger partial charge >= 0.3 is 0 Å².